The van der Waals surface area contributed by atoms with E-state index in [0.29, 0.717) is 0 Å². The predicted molar refractivity (Wildman–Crippen MR) is 41.1 cm³/mol. The van der Waals surface area contributed by atoms with Crippen LogP contribution in [-0.4, -0.2) is 12.6 Å². The lowest BCUT2D eigenvalue weighted by molar-refractivity contribution is 0.548. The molecule has 50 valence electrons. The molecule has 0 aromatic carbocycles. The van der Waals surface area contributed by atoms with E-state index in [-0.39, 0.29) is 5.54 Å². The summed E-state index contributed by atoms with van der Waals surface area (Å²) < 4.78 is 0. The minimum Gasteiger partial charge on any atom is -0.305 e. The standard InChI is InChI=1S/C8H13N/c1-5-6-7-8(2,3)9-4/h5,9H,1H2,2-4H3. The minimum absolute atomic E-state index is 0.0891. The van der Waals surface area contributed by atoms with Gasteiger partial charge < -0.3 is 5.32 Å². The van der Waals surface area contributed by atoms with Crippen molar-refractivity contribution in [2.24, 2.45) is 0 Å². The van der Waals surface area contributed by atoms with Crippen LogP contribution in [0.4, 0.5) is 0 Å². The van der Waals surface area contributed by atoms with Crippen LogP contribution in [-0.2, 0) is 0 Å². The summed E-state index contributed by atoms with van der Waals surface area (Å²) >= 11 is 0. The van der Waals surface area contributed by atoms with E-state index < -0.39 is 0 Å². The van der Waals surface area contributed by atoms with Gasteiger partial charge in [-0.2, -0.15) is 0 Å². The van der Waals surface area contributed by atoms with Gasteiger partial charge >= 0.3 is 0 Å². The fourth-order valence-corrected chi connectivity index (χ4v) is 0.294. The van der Waals surface area contributed by atoms with Gasteiger partial charge in [0.1, 0.15) is 0 Å². The lowest BCUT2D eigenvalue weighted by atomic mass is 10.1. The van der Waals surface area contributed by atoms with Gasteiger partial charge in [0.25, 0.3) is 0 Å². The summed E-state index contributed by atoms with van der Waals surface area (Å²) in [7, 11) is 1.89. The molecule has 0 bridgehead atoms. The Morgan fingerprint density at radius 2 is 2.11 bits per heavy atom. The molecule has 0 heterocycles. The second-order valence-corrected chi connectivity index (χ2v) is 2.35. The van der Waals surface area contributed by atoms with Crippen molar-refractivity contribution in [2.75, 3.05) is 7.05 Å². The van der Waals surface area contributed by atoms with Crippen LogP contribution in [0.5, 0.6) is 0 Å². The highest BCUT2D eigenvalue weighted by atomic mass is 14.9. The molecule has 1 nitrogen and oxygen atoms in total. The van der Waals surface area contributed by atoms with Gasteiger partial charge in [-0.05, 0) is 27.0 Å². The van der Waals surface area contributed by atoms with E-state index in [1.165, 1.54) is 0 Å². The Balaban J connectivity index is 3.99. The molecular formula is C8H13N. The largest absolute Gasteiger partial charge is 0.305 e. The molecule has 0 fully saturated rings. The fourth-order valence-electron chi connectivity index (χ4n) is 0.294. The van der Waals surface area contributed by atoms with Crippen molar-refractivity contribution in [1.82, 2.24) is 5.32 Å². The van der Waals surface area contributed by atoms with E-state index in [1.807, 2.05) is 20.9 Å². The lowest BCUT2D eigenvalue weighted by Gasteiger charge is -2.14. The van der Waals surface area contributed by atoms with Crippen LogP contribution in [0, 0.1) is 11.8 Å². The number of rotatable bonds is 1. The predicted octanol–water partition coefficient (Wildman–Crippen LogP) is 1.17. The van der Waals surface area contributed by atoms with Crippen molar-refractivity contribution in [2.45, 2.75) is 19.4 Å². The average molecular weight is 123 g/mol. The van der Waals surface area contributed by atoms with Gasteiger partial charge in [-0.25, -0.2) is 0 Å². The zero-order valence-corrected chi connectivity index (χ0v) is 6.28. The molecular weight excluding hydrogens is 110 g/mol. The van der Waals surface area contributed by atoms with Crippen LogP contribution in [0.3, 0.4) is 0 Å². The quantitative estimate of drug-likeness (QED) is 0.516. The van der Waals surface area contributed by atoms with Gasteiger partial charge in [-0.1, -0.05) is 18.4 Å². The van der Waals surface area contributed by atoms with Crippen molar-refractivity contribution in [3.63, 3.8) is 0 Å². The third kappa shape index (κ3) is 3.81. The molecule has 1 N–H and O–H groups in total. The maximum Gasteiger partial charge on any atom is 0.0745 e. The van der Waals surface area contributed by atoms with Crippen molar-refractivity contribution >= 4 is 0 Å². The third-order valence-electron chi connectivity index (χ3n) is 1.11. The second-order valence-electron chi connectivity index (χ2n) is 2.35. The Bertz CT molecular complexity index is 146. The van der Waals surface area contributed by atoms with Gasteiger partial charge in [-0.3, -0.25) is 0 Å². The molecule has 0 aliphatic carbocycles. The Morgan fingerprint density at radius 1 is 1.56 bits per heavy atom. The first-order chi connectivity index (χ1) is 4.12. The first-order valence-electron chi connectivity index (χ1n) is 2.95. The van der Waals surface area contributed by atoms with Crippen LogP contribution in [0.2, 0.25) is 0 Å². The summed E-state index contributed by atoms with van der Waals surface area (Å²) in [5.74, 6) is 5.77. The zero-order chi connectivity index (χ0) is 7.33. The number of nitrogens with one attached hydrogen (secondary N) is 1. The molecule has 0 unspecified atom stereocenters. The molecule has 1 heteroatoms. The molecule has 9 heavy (non-hydrogen) atoms. The summed E-state index contributed by atoms with van der Waals surface area (Å²) in [6.07, 6.45) is 1.60. The molecule has 0 saturated heterocycles. The molecule has 0 aromatic heterocycles. The average Bonchev–Trinajstić information content (AvgIpc) is 1.84. The van der Waals surface area contributed by atoms with Crippen LogP contribution < -0.4 is 5.32 Å². The molecule has 0 saturated carbocycles. The molecule has 0 aliphatic heterocycles. The maximum absolute atomic E-state index is 3.50. The van der Waals surface area contributed by atoms with Crippen LogP contribution in [0.1, 0.15) is 13.8 Å². The molecule has 0 atom stereocenters. The van der Waals surface area contributed by atoms with E-state index in [2.05, 4.69) is 23.7 Å². The number of hydrogen-bond acceptors (Lipinski definition) is 1. The van der Waals surface area contributed by atoms with Gasteiger partial charge in [0.05, 0.1) is 5.54 Å². The molecule has 0 spiro atoms. The summed E-state index contributed by atoms with van der Waals surface area (Å²) in [4.78, 5) is 0. The Hall–Kier alpha value is -0.740. The fraction of sp³-hybridized carbons (Fsp3) is 0.500. The minimum atomic E-state index is -0.0891. The normalized spacial score (nSPS) is 9.67. The topological polar surface area (TPSA) is 12.0 Å². The first-order valence-corrected chi connectivity index (χ1v) is 2.95. The molecule has 0 radical (unpaired) electrons. The lowest BCUT2D eigenvalue weighted by Crippen LogP contribution is -2.34. The summed E-state index contributed by atoms with van der Waals surface area (Å²) in [6, 6.07) is 0. The molecule has 0 aliphatic rings. The Labute approximate surface area is 57.2 Å². The van der Waals surface area contributed by atoms with Crippen LogP contribution >= 0.6 is 0 Å². The highest BCUT2D eigenvalue weighted by molar-refractivity contribution is 5.20. The number of allylic oxidation sites excluding steroid dienone is 1. The SMILES string of the molecule is C=CC#CC(C)(C)NC. The van der Waals surface area contributed by atoms with Crippen molar-refractivity contribution < 1.29 is 0 Å². The summed E-state index contributed by atoms with van der Waals surface area (Å²) in [5, 5.41) is 3.05. The van der Waals surface area contributed by atoms with E-state index in [9.17, 15) is 0 Å². The third-order valence-corrected chi connectivity index (χ3v) is 1.11. The second kappa shape index (κ2) is 3.32. The van der Waals surface area contributed by atoms with Crippen LogP contribution in [0.15, 0.2) is 12.7 Å². The van der Waals surface area contributed by atoms with Crippen molar-refractivity contribution in [3.8, 4) is 11.8 Å². The summed E-state index contributed by atoms with van der Waals surface area (Å²) in [5.41, 5.74) is -0.0891. The Kier molecular flexibility index (Phi) is 3.05. The Morgan fingerprint density at radius 3 is 2.44 bits per heavy atom. The van der Waals surface area contributed by atoms with Gasteiger partial charge in [0, 0.05) is 0 Å². The summed E-state index contributed by atoms with van der Waals surface area (Å²) in [6.45, 7) is 7.53. The monoisotopic (exact) mass is 123 g/mol. The van der Waals surface area contributed by atoms with E-state index in [4.69, 9.17) is 0 Å². The van der Waals surface area contributed by atoms with Crippen molar-refractivity contribution in [1.29, 1.82) is 0 Å². The molecule has 0 aromatic rings. The van der Waals surface area contributed by atoms with Gasteiger partial charge in [0.2, 0.25) is 0 Å². The highest BCUT2D eigenvalue weighted by Gasteiger charge is 2.07. The zero-order valence-electron chi connectivity index (χ0n) is 6.28. The first kappa shape index (κ1) is 8.26. The molecule has 0 rings (SSSR count). The van der Waals surface area contributed by atoms with Gasteiger partial charge in [-0.15, -0.1) is 0 Å². The maximum atomic E-state index is 3.50. The molecule has 0 amide bonds. The van der Waals surface area contributed by atoms with Gasteiger partial charge in [0.15, 0.2) is 0 Å². The smallest absolute Gasteiger partial charge is 0.0745 e. The highest BCUT2D eigenvalue weighted by Crippen LogP contribution is 1.95. The van der Waals surface area contributed by atoms with Crippen LogP contribution in [0.25, 0.3) is 0 Å². The van der Waals surface area contributed by atoms with Crippen molar-refractivity contribution in [3.05, 3.63) is 12.7 Å². The van der Waals surface area contributed by atoms with E-state index in [0.717, 1.165) is 0 Å². The number of hydrogen-bond donors (Lipinski definition) is 1. The van der Waals surface area contributed by atoms with E-state index in [1.54, 1.807) is 6.08 Å². The van der Waals surface area contributed by atoms with E-state index >= 15 is 0 Å².